The first-order valence-corrected chi connectivity index (χ1v) is 11.2. The van der Waals surface area contributed by atoms with Gasteiger partial charge in [-0.1, -0.05) is 25.3 Å². The normalized spacial score (nSPS) is 17.4. The first-order chi connectivity index (χ1) is 15.2. The SMILES string of the molecule is O=C(Cc1cccnc1)N1CCN(C(=O)c2ccnc(OCC3CCCCC3)c2)CC1. The number of carbonyl (C=O) groups excluding carboxylic acids is 2. The highest BCUT2D eigenvalue weighted by Gasteiger charge is 2.25. The Morgan fingerprint density at radius 1 is 1.00 bits per heavy atom. The van der Waals surface area contributed by atoms with Gasteiger partial charge >= 0.3 is 0 Å². The number of nitrogens with zero attached hydrogens (tertiary/aromatic N) is 4. The number of carbonyl (C=O) groups is 2. The van der Waals surface area contributed by atoms with Gasteiger partial charge in [-0.05, 0) is 36.5 Å². The lowest BCUT2D eigenvalue weighted by Crippen LogP contribution is -2.51. The summed E-state index contributed by atoms with van der Waals surface area (Å²) in [5.74, 6) is 1.14. The summed E-state index contributed by atoms with van der Waals surface area (Å²) < 4.78 is 5.89. The predicted octanol–water partition coefficient (Wildman–Crippen LogP) is 2.96. The van der Waals surface area contributed by atoms with Crippen molar-refractivity contribution in [2.45, 2.75) is 38.5 Å². The molecule has 7 nitrogen and oxygen atoms in total. The second-order valence-electron chi connectivity index (χ2n) is 8.41. The van der Waals surface area contributed by atoms with E-state index in [4.69, 9.17) is 4.74 Å². The highest BCUT2D eigenvalue weighted by atomic mass is 16.5. The van der Waals surface area contributed by atoms with E-state index in [2.05, 4.69) is 9.97 Å². The molecule has 1 aliphatic carbocycles. The highest BCUT2D eigenvalue weighted by molar-refractivity contribution is 5.94. The lowest BCUT2D eigenvalue weighted by Gasteiger charge is -2.35. The quantitative estimate of drug-likeness (QED) is 0.715. The van der Waals surface area contributed by atoms with Crippen LogP contribution < -0.4 is 4.74 Å². The zero-order valence-corrected chi connectivity index (χ0v) is 17.9. The summed E-state index contributed by atoms with van der Waals surface area (Å²) in [6.45, 7) is 2.81. The van der Waals surface area contributed by atoms with Crippen molar-refractivity contribution in [3.05, 3.63) is 54.0 Å². The summed E-state index contributed by atoms with van der Waals surface area (Å²) in [7, 11) is 0. The molecule has 31 heavy (non-hydrogen) atoms. The van der Waals surface area contributed by atoms with Crippen LogP contribution in [0, 0.1) is 5.92 Å². The Kier molecular flexibility index (Phi) is 7.12. The summed E-state index contributed by atoms with van der Waals surface area (Å²) >= 11 is 0. The van der Waals surface area contributed by atoms with Gasteiger partial charge in [-0.3, -0.25) is 14.6 Å². The molecule has 0 unspecified atom stereocenters. The third kappa shape index (κ3) is 5.81. The van der Waals surface area contributed by atoms with Crippen molar-refractivity contribution in [3.63, 3.8) is 0 Å². The van der Waals surface area contributed by atoms with Gasteiger partial charge < -0.3 is 14.5 Å². The molecule has 4 rings (SSSR count). The van der Waals surface area contributed by atoms with Crippen LogP contribution in [0.15, 0.2) is 42.9 Å². The molecule has 2 aromatic heterocycles. The predicted molar refractivity (Wildman–Crippen MR) is 117 cm³/mol. The molecule has 3 heterocycles. The number of aromatic nitrogens is 2. The third-order valence-corrected chi connectivity index (χ3v) is 6.17. The molecule has 0 spiro atoms. The smallest absolute Gasteiger partial charge is 0.254 e. The summed E-state index contributed by atoms with van der Waals surface area (Å²) in [6.07, 6.45) is 11.7. The van der Waals surface area contributed by atoms with Crippen LogP contribution in [0.25, 0.3) is 0 Å². The Morgan fingerprint density at radius 2 is 1.77 bits per heavy atom. The maximum absolute atomic E-state index is 13.0. The minimum atomic E-state index is -0.0377. The average molecular weight is 423 g/mol. The number of ether oxygens (including phenoxy) is 1. The fourth-order valence-corrected chi connectivity index (χ4v) is 4.31. The van der Waals surface area contributed by atoms with E-state index in [0.717, 1.165) is 5.56 Å². The van der Waals surface area contributed by atoms with E-state index >= 15 is 0 Å². The molecular weight excluding hydrogens is 392 g/mol. The third-order valence-electron chi connectivity index (χ3n) is 6.17. The molecule has 2 aliphatic rings. The molecule has 1 aliphatic heterocycles. The standard InChI is InChI=1S/C24H30N4O3/c29-23(15-20-7-4-9-25-17-20)27-11-13-28(14-12-27)24(30)21-8-10-26-22(16-21)31-18-19-5-2-1-3-6-19/h4,7-10,16-17,19H,1-3,5-6,11-15,18H2. The van der Waals surface area contributed by atoms with Gasteiger partial charge in [-0.2, -0.15) is 0 Å². The molecule has 1 saturated heterocycles. The van der Waals surface area contributed by atoms with E-state index in [-0.39, 0.29) is 11.8 Å². The van der Waals surface area contributed by atoms with Crippen molar-refractivity contribution in [1.82, 2.24) is 19.8 Å². The van der Waals surface area contributed by atoms with Crippen LogP contribution >= 0.6 is 0 Å². The van der Waals surface area contributed by atoms with E-state index in [1.165, 1.54) is 32.1 Å². The number of rotatable bonds is 6. The van der Waals surface area contributed by atoms with Gasteiger partial charge in [-0.15, -0.1) is 0 Å². The van der Waals surface area contributed by atoms with Gasteiger partial charge in [0.05, 0.1) is 13.0 Å². The Balaban J connectivity index is 1.27. The number of hydrogen-bond acceptors (Lipinski definition) is 5. The van der Waals surface area contributed by atoms with Gasteiger partial charge in [0.15, 0.2) is 0 Å². The van der Waals surface area contributed by atoms with Gasteiger partial charge in [0.25, 0.3) is 5.91 Å². The van der Waals surface area contributed by atoms with Crippen molar-refractivity contribution >= 4 is 11.8 Å². The average Bonchev–Trinajstić information content (AvgIpc) is 2.84. The molecule has 0 N–H and O–H groups in total. The van der Waals surface area contributed by atoms with Crippen LogP contribution in [0.1, 0.15) is 48.0 Å². The molecule has 1 saturated carbocycles. The molecule has 0 aromatic carbocycles. The zero-order chi connectivity index (χ0) is 21.5. The minimum Gasteiger partial charge on any atom is -0.477 e. The molecule has 2 aromatic rings. The maximum Gasteiger partial charge on any atom is 0.254 e. The van der Waals surface area contributed by atoms with Gasteiger partial charge in [0.2, 0.25) is 11.8 Å². The molecule has 0 atom stereocenters. The van der Waals surface area contributed by atoms with Crippen LogP contribution in [0.4, 0.5) is 0 Å². The van der Waals surface area contributed by atoms with Crippen molar-refractivity contribution < 1.29 is 14.3 Å². The van der Waals surface area contributed by atoms with E-state index < -0.39 is 0 Å². The Bertz CT molecular complexity index is 875. The molecule has 0 bridgehead atoms. The molecule has 2 amide bonds. The second kappa shape index (κ2) is 10.4. The maximum atomic E-state index is 13.0. The number of piperazine rings is 1. The minimum absolute atomic E-state index is 0.0377. The number of hydrogen-bond donors (Lipinski definition) is 0. The lowest BCUT2D eigenvalue weighted by molar-refractivity contribution is -0.131. The Hall–Kier alpha value is -2.96. The molecule has 2 fully saturated rings. The topological polar surface area (TPSA) is 75.6 Å². The van der Waals surface area contributed by atoms with Gasteiger partial charge in [0, 0.05) is 56.4 Å². The van der Waals surface area contributed by atoms with Crippen molar-refractivity contribution in [2.75, 3.05) is 32.8 Å². The van der Waals surface area contributed by atoms with Crippen LogP contribution in [0.3, 0.4) is 0 Å². The van der Waals surface area contributed by atoms with Crippen molar-refractivity contribution in [1.29, 1.82) is 0 Å². The summed E-state index contributed by atoms with van der Waals surface area (Å²) in [6, 6.07) is 7.21. The van der Waals surface area contributed by atoms with Gasteiger partial charge in [-0.25, -0.2) is 4.98 Å². The summed E-state index contributed by atoms with van der Waals surface area (Å²) in [4.78, 5) is 37.4. The van der Waals surface area contributed by atoms with E-state index in [1.807, 2.05) is 17.0 Å². The van der Waals surface area contributed by atoms with Crippen molar-refractivity contribution in [3.8, 4) is 5.88 Å². The summed E-state index contributed by atoms with van der Waals surface area (Å²) in [5.41, 5.74) is 1.49. The number of amides is 2. The number of pyridine rings is 2. The summed E-state index contributed by atoms with van der Waals surface area (Å²) in [5, 5.41) is 0. The highest BCUT2D eigenvalue weighted by Crippen LogP contribution is 2.24. The lowest BCUT2D eigenvalue weighted by atomic mass is 9.90. The largest absolute Gasteiger partial charge is 0.477 e. The molecular formula is C24H30N4O3. The molecule has 0 radical (unpaired) electrons. The van der Waals surface area contributed by atoms with E-state index in [1.54, 1.807) is 35.6 Å². The second-order valence-corrected chi connectivity index (χ2v) is 8.41. The Morgan fingerprint density at radius 3 is 2.52 bits per heavy atom. The fraction of sp³-hybridized carbons (Fsp3) is 0.500. The van der Waals surface area contributed by atoms with Crippen LogP contribution in [0.2, 0.25) is 0 Å². The molecule has 7 heteroatoms. The van der Waals surface area contributed by atoms with Crippen molar-refractivity contribution in [2.24, 2.45) is 5.92 Å². The van der Waals surface area contributed by atoms with Crippen LogP contribution in [-0.2, 0) is 11.2 Å². The zero-order valence-electron chi connectivity index (χ0n) is 17.9. The first-order valence-electron chi connectivity index (χ1n) is 11.2. The van der Waals surface area contributed by atoms with Crippen LogP contribution in [0.5, 0.6) is 5.88 Å². The monoisotopic (exact) mass is 422 g/mol. The fourth-order valence-electron chi connectivity index (χ4n) is 4.31. The van der Waals surface area contributed by atoms with Crippen LogP contribution in [-0.4, -0.2) is 64.4 Å². The Labute approximate surface area is 183 Å². The van der Waals surface area contributed by atoms with Gasteiger partial charge in [0.1, 0.15) is 0 Å². The van der Waals surface area contributed by atoms with E-state index in [0.29, 0.717) is 56.6 Å². The first kappa shape index (κ1) is 21.3. The van der Waals surface area contributed by atoms with E-state index in [9.17, 15) is 9.59 Å². The molecule has 164 valence electrons.